The summed E-state index contributed by atoms with van der Waals surface area (Å²) in [4.78, 5) is 14.6. The third-order valence-corrected chi connectivity index (χ3v) is 4.48. The van der Waals surface area contributed by atoms with Crippen molar-refractivity contribution in [1.82, 2.24) is 4.90 Å². The molecular weight excluding hydrogens is 290 g/mol. The van der Waals surface area contributed by atoms with Crippen molar-refractivity contribution in [2.75, 3.05) is 32.6 Å². The minimum atomic E-state index is -0.415. The Hall–Kier alpha value is -1.59. The number of nitrogens with two attached hydrogens (primary N) is 1. The molecule has 0 aromatic heterocycles. The molecule has 5 heteroatoms. The third kappa shape index (κ3) is 5.22. The van der Waals surface area contributed by atoms with Gasteiger partial charge in [-0.3, -0.25) is 4.79 Å². The van der Waals surface area contributed by atoms with Crippen LogP contribution in [0.3, 0.4) is 0 Å². The van der Waals surface area contributed by atoms with Gasteiger partial charge in [0, 0.05) is 23.8 Å². The smallest absolute Gasteiger partial charge is 0.229 e. The van der Waals surface area contributed by atoms with E-state index in [2.05, 4.69) is 10.2 Å². The van der Waals surface area contributed by atoms with Crippen molar-refractivity contribution in [3.63, 3.8) is 0 Å². The highest BCUT2D eigenvalue weighted by atomic mass is 16.5. The Labute approximate surface area is 139 Å². The predicted octanol–water partition coefficient (Wildman–Crippen LogP) is 2.47. The summed E-state index contributed by atoms with van der Waals surface area (Å²) < 4.78 is 5.71. The van der Waals surface area contributed by atoms with Crippen LogP contribution in [0, 0.1) is 5.92 Å². The molecule has 2 atom stereocenters. The molecule has 0 saturated heterocycles. The van der Waals surface area contributed by atoms with Gasteiger partial charge >= 0.3 is 0 Å². The van der Waals surface area contributed by atoms with Crippen LogP contribution in [0.4, 0.5) is 5.69 Å². The molecule has 1 saturated carbocycles. The van der Waals surface area contributed by atoms with Gasteiger partial charge in [0.2, 0.25) is 5.91 Å². The Morgan fingerprint density at radius 2 is 2.22 bits per heavy atom. The average Bonchev–Trinajstić information content (AvgIpc) is 2.46. The zero-order valence-corrected chi connectivity index (χ0v) is 14.5. The van der Waals surface area contributed by atoms with Crippen LogP contribution in [0.1, 0.15) is 32.6 Å². The van der Waals surface area contributed by atoms with Crippen LogP contribution in [0.25, 0.3) is 0 Å². The van der Waals surface area contributed by atoms with Gasteiger partial charge in [0.05, 0.1) is 5.92 Å². The average molecular weight is 319 g/mol. The fraction of sp³-hybridized carbons (Fsp3) is 0.611. The number of rotatable bonds is 6. The van der Waals surface area contributed by atoms with Crippen molar-refractivity contribution >= 4 is 11.6 Å². The van der Waals surface area contributed by atoms with Gasteiger partial charge in [-0.25, -0.2) is 0 Å². The van der Waals surface area contributed by atoms with Gasteiger partial charge in [0.1, 0.15) is 12.4 Å². The zero-order chi connectivity index (χ0) is 16.9. The van der Waals surface area contributed by atoms with Crippen LogP contribution in [0.2, 0.25) is 0 Å². The van der Waals surface area contributed by atoms with E-state index in [1.165, 1.54) is 0 Å². The SMILES string of the molecule is CN(C)CCOc1cccc(NC(=O)C2CCCCC2(C)N)c1. The van der Waals surface area contributed by atoms with Crippen LogP contribution in [-0.4, -0.2) is 43.6 Å². The summed E-state index contributed by atoms with van der Waals surface area (Å²) in [5.74, 6) is 0.651. The normalized spacial score (nSPS) is 24.5. The summed E-state index contributed by atoms with van der Waals surface area (Å²) in [5.41, 5.74) is 6.66. The molecule has 2 unspecified atom stereocenters. The maximum Gasteiger partial charge on any atom is 0.229 e. The first-order valence-corrected chi connectivity index (χ1v) is 8.36. The molecule has 0 spiro atoms. The highest BCUT2D eigenvalue weighted by Gasteiger charge is 2.37. The van der Waals surface area contributed by atoms with E-state index in [1.54, 1.807) is 0 Å². The molecule has 1 amide bonds. The topological polar surface area (TPSA) is 67.6 Å². The summed E-state index contributed by atoms with van der Waals surface area (Å²) in [6.45, 7) is 3.45. The molecule has 1 fully saturated rings. The minimum Gasteiger partial charge on any atom is -0.492 e. The molecule has 0 radical (unpaired) electrons. The maximum absolute atomic E-state index is 12.6. The van der Waals surface area contributed by atoms with Crippen LogP contribution < -0.4 is 15.8 Å². The second-order valence-electron chi connectivity index (χ2n) is 6.97. The number of anilines is 1. The Balaban J connectivity index is 1.95. The number of amides is 1. The summed E-state index contributed by atoms with van der Waals surface area (Å²) in [6, 6.07) is 7.54. The Kier molecular flexibility index (Phi) is 6.02. The third-order valence-electron chi connectivity index (χ3n) is 4.48. The lowest BCUT2D eigenvalue weighted by Crippen LogP contribution is -2.51. The van der Waals surface area contributed by atoms with Gasteiger partial charge in [-0.05, 0) is 46.0 Å². The van der Waals surface area contributed by atoms with Gasteiger partial charge in [0.25, 0.3) is 0 Å². The van der Waals surface area contributed by atoms with Crippen molar-refractivity contribution in [1.29, 1.82) is 0 Å². The van der Waals surface area contributed by atoms with Gasteiger partial charge in [-0.1, -0.05) is 18.9 Å². The van der Waals surface area contributed by atoms with Crippen LogP contribution in [0.5, 0.6) is 5.75 Å². The largest absolute Gasteiger partial charge is 0.492 e. The molecular formula is C18H29N3O2. The van der Waals surface area contributed by atoms with E-state index in [1.807, 2.05) is 45.3 Å². The van der Waals surface area contributed by atoms with E-state index >= 15 is 0 Å². The molecule has 3 N–H and O–H groups in total. The van der Waals surface area contributed by atoms with Crippen molar-refractivity contribution in [3.05, 3.63) is 24.3 Å². The summed E-state index contributed by atoms with van der Waals surface area (Å²) in [7, 11) is 4.02. The van der Waals surface area contributed by atoms with Gasteiger partial charge in [-0.2, -0.15) is 0 Å². The molecule has 5 nitrogen and oxygen atoms in total. The first-order valence-electron chi connectivity index (χ1n) is 8.36. The van der Waals surface area contributed by atoms with E-state index in [0.717, 1.165) is 43.7 Å². The molecule has 1 aromatic carbocycles. The van der Waals surface area contributed by atoms with Crippen molar-refractivity contribution < 1.29 is 9.53 Å². The standard InChI is InChI=1S/C18H29N3O2/c1-18(19)10-5-4-9-16(18)17(22)20-14-7-6-8-15(13-14)23-12-11-21(2)3/h6-8,13,16H,4-5,9-12,19H2,1-3H3,(H,20,22). The van der Waals surface area contributed by atoms with E-state index in [0.29, 0.717) is 6.61 Å². The first-order chi connectivity index (χ1) is 10.9. The van der Waals surface area contributed by atoms with Crippen molar-refractivity contribution in [3.8, 4) is 5.75 Å². The quantitative estimate of drug-likeness (QED) is 0.845. The molecule has 0 aliphatic heterocycles. The molecule has 1 aliphatic rings. The molecule has 23 heavy (non-hydrogen) atoms. The monoisotopic (exact) mass is 319 g/mol. The van der Waals surface area contributed by atoms with Crippen molar-refractivity contribution in [2.24, 2.45) is 11.7 Å². The number of hydrogen-bond donors (Lipinski definition) is 2. The van der Waals surface area contributed by atoms with Crippen LogP contribution in [-0.2, 0) is 4.79 Å². The highest BCUT2D eigenvalue weighted by molar-refractivity contribution is 5.93. The lowest BCUT2D eigenvalue weighted by atomic mass is 9.74. The summed E-state index contributed by atoms with van der Waals surface area (Å²) in [6.07, 6.45) is 3.93. The maximum atomic E-state index is 12.6. The van der Waals surface area contributed by atoms with Gasteiger partial charge < -0.3 is 20.7 Å². The van der Waals surface area contributed by atoms with Crippen LogP contribution >= 0.6 is 0 Å². The summed E-state index contributed by atoms with van der Waals surface area (Å²) in [5, 5.41) is 3.00. The van der Waals surface area contributed by atoms with E-state index in [-0.39, 0.29) is 11.8 Å². The number of nitrogens with one attached hydrogen (secondary N) is 1. The fourth-order valence-electron chi connectivity index (χ4n) is 3.03. The second-order valence-corrected chi connectivity index (χ2v) is 6.97. The number of hydrogen-bond acceptors (Lipinski definition) is 4. The van der Waals surface area contributed by atoms with E-state index < -0.39 is 5.54 Å². The zero-order valence-electron chi connectivity index (χ0n) is 14.5. The van der Waals surface area contributed by atoms with Crippen molar-refractivity contribution in [2.45, 2.75) is 38.1 Å². The Bertz CT molecular complexity index is 529. The Morgan fingerprint density at radius 3 is 2.91 bits per heavy atom. The fourth-order valence-corrected chi connectivity index (χ4v) is 3.03. The van der Waals surface area contributed by atoms with E-state index in [9.17, 15) is 4.79 Å². The van der Waals surface area contributed by atoms with E-state index in [4.69, 9.17) is 10.5 Å². The number of ether oxygens (including phenoxy) is 1. The first kappa shape index (κ1) is 17.8. The number of likely N-dealkylation sites (N-methyl/N-ethyl adjacent to an activating group) is 1. The Morgan fingerprint density at radius 1 is 1.43 bits per heavy atom. The minimum absolute atomic E-state index is 0.0140. The molecule has 2 rings (SSSR count). The number of carbonyl (C=O) groups excluding carboxylic acids is 1. The molecule has 1 aliphatic carbocycles. The lowest BCUT2D eigenvalue weighted by molar-refractivity contribution is -0.122. The lowest BCUT2D eigenvalue weighted by Gasteiger charge is -2.37. The molecule has 0 heterocycles. The van der Waals surface area contributed by atoms with Gasteiger partial charge in [0.15, 0.2) is 0 Å². The molecule has 0 bridgehead atoms. The number of carbonyl (C=O) groups is 1. The van der Waals surface area contributed by atoms with Crippen LogP contribution in [0.15, 0.2) is 24.3 Å². The highest BCUT2D eigenvalue weighted by Crippen LogP contribution is 2.32. The number of nitrogens with zero attached hydrogens (tertiary/aromatic N) is 1. The molecule has 1 aromatic rings. The number of benzene rings is 1. The predicted molar refractivity (Wildman–Crippen MR) is 93.7 cm³/mol. The molecule has 128 valence electrons. The summed E-state index contributed by atoms with van der Waals surface area (Å²) >= 11 is 0. The second kappa shape index (κ2) is 7.79. The van der Waals surface area contributed by atoms with Gasteiger partial charge in [-0.15, -0.1) is 0 Å².